The number of phenols is 1. The number of aromatic hydroxyl groups is 1. The van der Waals surface area contributed by atoms with Gasteiger partial charge in [-0.15, -0.1) is 11.3 Å². The highest BCUT2D eigenvalue weighted by Gasteiger charge is 2.56. The number of benzene rings is 2. The quantitative estimate of drug-likeness (QED) is 0.0571. The Bertz CT molecular complexity index is 2200. The lowest BCUT2D eigenvalue weighted by molar-refractivity contribution is -0.143. The van der Waals surface area contributed by atoms with Crippen molar-refractivity contribution in [3.63, 3.8) is 0 Å². The number of aliphatic hydroxyl groups excluding tert-OH is 2. The molecule has 3 fully saturated rings. The lowest BCUT2D eigenvalue weighted by atomic mass is 9.52. The molecule has 0 radical (unpaired) electrons. The predicted octanol–water partition coefficient (Wildman–Crippen LogP) is 8.28. The summed E-state index contributed by atoms with van der Waals surface area (Å²) in [6.45, 7) is 14.4. The molecule has 3 aliphatic carbocycles. The van der Waals surface area contributed by atoms with Crippen LogP contribution < -0.4 is 5.32 Å². The topological polar surface area (TPSA) is 171 Å². The average Bonchev–Trinajstić information content (AvgIpc) is 4.04. The van der Waals surface area contributed by atoms with Crippen LogP contribution in [0.3, 0.4) is 0 Å². The van der Waals surface area contributed by atoms with Crippen molar-refractivity contribution in [2.24, 2.45) is 28.6 Å². The van der Waals surface area contributed by atoms with E-state index in [0.29, 0.717) is 68.9 Å². The van der Waals surface area contributed by atoms with E-state index in [1.807, 2.05) is 45.3 Å². The molecule has 2 amide bonds. The molecule has 2 aromatic carbocycles. The second-order valence-electron chi connectivity index (χ2n) is 22.6. The van der Waals surface area contributed by atoms with Crippen molar-refractivity contribution >= 4 is 28.9 Å². The van der Waals surface area contributed by atoms with E-state index < -0.39 is 23.6 Å². The number of nitrogens with zero attached hydrogens (tertiary/aromatic N) is 3. The van der Waals surface area contributed by atoms with E-state index >= 15 is 0 Å². The molecule has 14 heteroatoms. The summed E-state index contributed by atoms with van der Waals surface area (Å²) in [7, 11) is 2.15. The van der Waals surface area contributed by atoms with Crippen LogP contribution in [0.15, 0.2) is 48.0 Å². The maximum Gasteiger partial charge on any atom is 0.246 e. The van der Waals surface area contributed by atoms with Crippen molar-refractivity contribution < 1.29 is 43.9 Å². The molecule has 0 bridgehead atoms. The first-order valence-corrected chi connectivity index (χ1v) is 27.6. The number of amides is 2. The molecule has 3 aromatic rings. The van der Waals surface area contributed by atoms with Gasteiger partial charge in [0.15, 0.2) is 5.78 Å². The number of nitrogens with one attached hydrogen (secondary N) is 1. The molecule has 392 valence electrons. The number of fused-ring (bicyclic) bond motifs is 5. The van der Waals surface area contributed by atoms with Crippen LogP contribution in [-0.2, 0) is 41.4 Å². The fraction of sp³-hybridized carbons (Fsp3) is 0.684. The minimum absolute atomic E-state index is 0.0433. The van der Waals surface area contributed by atoms with Gasteiger partial charge in [0.25, 0.3) is 0 Å². The molecule has 1 aromatic heterocycles. The third-order valence-electron chi connectivity index (χ3n) is 16.5. The number of likely N-dealkylation sites (N-methyl/N-ethyl adjacent to an activating group) is 1. The maximum atomic E-state index is 14.0. The number of unbranched alkanes of at least 4 members (excludes halogenated alkanes) is 2. The highest BCUT2D eigenvalue weighted by molar-refractivity contribution is 7.13. The van der Waals surface area contributed by atoms with E-state index in [1.165, 1.54) is 35.3 Å². The van der Waals surface area contributed by atoms with Gasteiger partial charge in [0, 0.05) is 32.4 Å². The number of carbonyl (C=O) groups excluding carboxylic acids is 3. The summed E-state index contributed by atoms with van der Waals surface area (Å²) in [5.74, 6) is 1.97. The van der Waals surface area contributed by atoms with Gasteiger partial charge < -0.3 is 44.6 Å². The van der Waals surface area contributed by atoms with Crippen molar-refractivity contribution in [3.8, 4) is 16.2 Å². The van der Waals surface area contributed by atoms with Gasteiger partial charge in [-0.1, -0.05) is 70.9 Å². The Morgan fingerprint density at radius 2 is 1.65 bits per heavy atom. The number of β-amino-alcohol motifs (C(OH)–C–C–N with tert-alkyl or cyclic N) is 1. The number of aliphatic hydroxyl groups is 2. The van der Waals surface area contributed by atoms with E-state index in [9.17, 15) is 29.7 Å². The summed E-state index contributed by atoms with van der Waals surface area (Å²) in [5.41, 5.74) is 7.31. The first-order valence-electron chi connectivity index (χ1n) is 26.7. The number of aryl methyl sites for hydroxylation is 2. The third-order valence-corrected chi connectivity index (χ3v) is 17.5. The molecule has 4 aliphatic rings. The Morgan fingerprint density at radius 3 is 2.37 bits per heavy atom. The first-order chi connectivity index (χ1) is 34.0. The monoisotopic (exact) mass is 1000 g/mol. The summed E-state index contributed by atoms with van der Waals surface area (Å²) in [5, 5.41) is 34.8. The van der Waals surface area contributed by atoms with Gasteiger partial charge in [-0.2, -0.15) is 0 Å². The molecule has 7 rings (SSSR count). The van der Waals surface area contributed by atoms with Crippen molar-refractivity contribution in [1.82, 2.24) is 20.1 Å². The second kappa shape index (κ2) is 25.5. The predicted molar refractivity (Wildman–Crippen MR) is 278 cm³/mol. The van der Waals surface area contributed by atoms with E-state index in [2.05, 4.69) is 59.5 Å². The Balaban J connectivity index is 0.716. The fourth-order valence-corrected chi connectivity index (χ4v) is 13.3. The number of thiazole rings is 1. The molecule has 2 saturated carbocycles. The zero-order chi connectivity index (χ0) is 50.7. The molecule has 0 unspecified atom stereocenters. The second-order valence-corrected chi connectivity index (χ2v) is 23.4. The minimum Gasteiger partial charge on any atom is -0.508 e. The number of ketones is 1. The molecule has 0 spiro atoms. The van der Waals surface area contributed by atoms with Crippen LogP contribution in [0.25, 0.3) is 10.4 Å². The Labute approximate surface area is 427 Å². The van der Waals surface area contributed by atoms with Gasteiger partial charge in [0.05, 0.1) is 74.0 Å². The van der Waals surface area contributed by atoms with Crippen LogP contribution in [0.4, 0.5) is 0 Å². The van der Waals surface area contributed by atoms with Gasteiger partial charge in [0.2, 0.25) is 11.8 Å². The Hall–Kier alpha value is -3.76. The van der Waals surface area contributed by atoms with Crippen molar-refractivity contribution in [2.45, 2.75) is 155 Å². The summed E-state index contributed by atoms with van der Waals surface area (Å²) in [4.78, 5) is 49.9. The van der Waals surface area contributed by atoms with E-state index in [1.54, 1.807) is 11.3 Å². The van der Waals surface area contributed by atoms with Crippen molar-refractivity contribution in [2.75, 3.05) is 66.3 Å². The number of hydrogen-bond acceptors (Lipinski definition) is 12. The van der Waals surface area contributed by atoms with E-state index in [4.69, 9.17) is 14.2 Å². The molecular formula is C57H84N4O9S. The lowest BCUT2D eigenvalue weighted by Gasteiger charge is -2.53. The summed E-state index contributed by atoms with van der Waals surface area (Å²) >= 11 is 1.62. The molecule has 4 N–H and O–H groups in total. The van der Waals surface area contributed by atoms with Gasteiger partial charge in [-0.3, -0.25) is 14.4 Å². The van der Waals surface area contributed by atoms with E-state index in [-0.39, 0.29) is 61.5 Å². The number of rotatable bonds is 26. The van der Waals surface area contributed by atoms with E-state index in [0.717, 1.165) is 79.7 Å². The highest BCUT2D eigenvalue weighted by atomic mass is 32.1. The zero-order valence-corrected chi connectivity index (χ0v) is 44.4. The van der Waals surface area contributed by atoms with Gasteiger partial charge in [-0.25, -0.2) is 4.98 Å². The molecular weight excluding hydrogens is 917 g/mol. The van der Waals surface area contributed by atoms with Gasteiger partial charge in [0.1, 0.15) is 11.8 Å². The standard InChI is InChI=1S/C57H84N4O9S/c1-38-53(71-37-58-38)40-16-14-39(15-17-40)11-10-13-49(64)48-35-44(63)36-61(48)55(67)54(56(2,3)4)59-51(66)23-27-68-29-31-70-32-30-69-28-26-60(6)25-9-7-8-12-41-33-42-34-43(62)18-19-45(42)46-22-24-57(5)47(52(41)46)20-21-50(57)65/h14-19,34,37,41,44,46-48,50,52,54,62-63,65H,7-13,20-33,35-36H2,1-6H3,(H,59,66)/t41-,44-,46-,47+,48+,50+,52-,54-,57+/m1/s1. The van der Waals surface area contributed by atoms with Crippen LogP contribution in [-0.4, -0.2) is 138 Å². The van der Waals surface area contributed by atoms with Crippen LogP contribution in [0, 0.1) is 35.5 Å². The summed E-state index contributed by atoms with van der Waals surface area (Å²) in [6.07, 6.45) is 11.0. The average molecular weight is 1000 g/mol. The number of ether oxygens (including phenoxy) is 3. The van der Waals surface area contributed by atoms with Crippen molar-refractivity contribution in [3.05, 3.63) is 70.4 Å². The molecule has 71 heavy (non-hydrogen) atoms. The minimum atomic E-state index is -0.876. The molecule has 1 saturated heterocycles. The smallest absolute Gasteiger partial charge is 0.246 e. The molecule has 2 heterocycles. The lowest BCUT2D eigenvalue weighted by Crippen LogP contribution is -2.56. The SMILES string of the molecule is Cc1ncsc1-c1ccc(CCCC(=O)[C@@H]2C[C@@H](O)CN2C(=O)[C@@H](NC(=O)CCOCCOCCOCCN(C)CCCCC[C@@H]2Cc3cc(O)ccc3[C@H]3CC[C@]4(C)[C@@H](O)CC[C@H]4[C@H]23)C(C)(C)C)cc1. The van der Waals surface area contributed by atoms with Crippen LogP contribution in [0.5, 0.6) is 5.75 Å². The number of Topliss-reactive ketones (excluding diaryl/α,β-unsaturated/α-hetero) is 1. The number of hydrogen-bond donors (Lipinski definition) is 4. The Morgan fingerprint density at radius 1 is 0.915 bits per heavy atom. The third kappa shape index (κ3) is 14.3. The number of aromatic nitrogens is 1. The van der Waals surface area contributed by atoms with Gasteiger partial charge >= 0.3 is 0 Å². The molecule has 13 nitrogen and oxygen atoms in total. The molecule has 9 atom stereocenters. The summed E-state index contributed by atoms with van der Waals surface area (Å²) < 4.78 is 17.2. The largest absolute Gasteiger partial charge is 0.508 e. The number of phenolic OH excluding ortho intramolecular Hbond substituents is 1. The Kier molecular flexibility index (Phi) is 19.7. The first kappa shape index (κ1) is 55.0. The van der Waals surface area contributed by atoms with Crippen LogP contribution in [0.1, 0.15) is 133 Å². The summed E-state index contributed by atoms with van der Waals surface area (Å²) in [6, 6.07) is 12.8. The highest BCUT2D eigenvalue weighted by Crippen LogP contribution is 2.62. The normalized spacial score (nSPS) is 25.5. The number of likely N-dealkylation sites (tertiary alicyclic amines) is 1. The van der Waals surface area contributed by atoms with Crippen molar-refractivity contribution in [1.29, 1.82) is 0 Å². The fourth-order valence-electron chi connectivity index (χ4n) is 12.5. The zero-order valence-electron chi connectivity index (χ0n) is 43.5. The van der Waals surface area contributed by atoms with Gasteiger partial charge in [-0.05, 0) is 147 Å². The maximum absolute atomic E-state index is 14.0. The van der Waals surface area contributed by atoms with Crippen LogP contribution in [0.2, 0.25) is 0 Å². The number of carbonyl (C=O) groups is 3. The van der Waals surface area contributed by atoms with Crippen LogP contribution >= 0.6 is 11.3 Å². The molecule has 1 aliphatic heterocycles.